The average Bonchev–Trinajstić information content (AvgIpc) is 2.64. The molecular weight excluding hydrogens is 380 g/mol. The zero-order valence-electron chi connectivity index (χ0n) is 15.6. The lowest BCUT2D eigenvalue weighted by Crippen LogP contribution is -2.10. The van der Waals surface area contributed by atoms with Crippen LogP contribution in [0.1, 0.15) is 28.4 Å². The molecule has 1 N–H and O–H groups in total. The molecule has 148 valence electrons. The molecule has 9 heteroatoms. The molecule has 0 fully saturated rings. The van der Waals surface area contributed by atoms with Gasteiger partial charge in [-0.05, 0) is 25.1 Å². The number of carbonyl (C=O) groups is 2. The highest BCUT2D eigenvalue weighted by Crippen LogP contribution is 2.24. The maximum atomic E-state index is 12.4. The first-order valence-corrected chi connectivity index (χ1v) is 8.52. The quantitative estimate of drug-likeness (QED) is 0.303. The van der Waals surface area contributed by atoms with Crippen molar-refractivity contribution in [2.75, 3.05) is 5.32 Å². The Morgan fingerprint density at radius 1 is 1.21 bits per heavy atom. The van der Waals surface area contributed by atoms with E-state index in [-0.39, 0.29) is 34.9 Å². The van der Waals surface area contributed by atoms with Crippen molar-refractivity contribution in [1.82, 2.24) is 0 Å². The molecule has 0 atom stereocenters. The van der Waals surface area contributed by atoms with Crippen LogP contribution in [0.2, 0.25) is 0 Å². The van der Waals surface area contributed by atoms with Crippen LogP contribution >= 0.6 is 0 Å². The van der Waals surface area contributed by atoms with Gasteiger partial charge in [-0.2, -0.15) is 0 Å². The Labute approximate surface area is 164 Å². The van der Waals surface area contributed by atoms with E-state index >= 15 is 0 Å². The van der Waals surface area contributed by atoms with E-state index in [0.717, 1.165) is 0 Å². The SMILES string of the molecule is CC(=O)Nc1ccc2c(COC(=O)c3cccc([N+](=O)[O-])c3C)cc(=O)oc2c1. The molecule has 0 aliphatic heterocycles. The molecule has 0 spiro atoms. The maximum absolute atomic E-state index is 12.4. The lowest BCUT2D eigenvalue weighted by molar-refractivity contribution is -0.385. The number of hydrogen-bond donors (Lipinski definition) is 1. The van der Waals surface area contributed by atoms with Gasteiger partial charge in [0.1, 0.15) is 12.2 Å². The highest BCUT2D eigenvalue weighted by Gasteiger charge is 2.19. The Morgan fingerprint density at radius 3 is 2.66 bits per heavy atom. The Bertz CT molecular complexity index is 1200. The number of benzene rings is 2. The lowest BCUT2D eigenvalue weighted by atomic mass is 10.1. The van der Waals surface area contributed by atoms with Gasteiger partial charge in [-0.3, -0.25) is 14.9 Å². The monoisotopic (exact) mass is 396 g/mol. The summed E-state index contributed by atoms with van der Waals surface area (Å²) in [7, 11) is 0. The highest BCUT2D eigenvalue weighted by atomic mass is 16.6. The van der Waals surface area contributed by atoms with E-state index in [0.29, 0.717) is 16.6 Å². The topological polar surface area (TPSA) is 129 Å². The number of anilines is 1. The molecule has 1 amide bonds. The number of nitrogens with one attached hydrogen (secondary N) is 1. The van der Waals surface area contributed by atoms with E-state index in [2.05, 4.69) is 5.32 Å². The molecule has 9 nitrogen and oxygen atoms in total. The standard InChI is InChI=1S/C20H16N2O7/c1-11-15(4-3-5-17(11)22(26)27)20(25)28-10-13-8-19(24)29-18-9-14(21-12(2)23)6-7-16(13)18/h3-9H,10H2,1-2H3,(H,21,23). The minimum Gasteiger partial charge on any atom is -0.457 e. The minimum atomic E-state index is -0.748. The number of rotatable bonds is 5. The first-order valence-electron chi connectivity index (χ1n) is 8.52. The Hall–Kier alpha value is -4.01. The Kier molecular flexibility index (Phi) is 5.40. The van der Waals surface area contributed by atoms with E-state index in [1.54, 1.807) is 12.1 Å². The fraction of sp³-hybridized carbons (Fsp3) is 0.150. The van der Waals surface area contributed by atoms with E-state index in [9.17, 15) is 24.5 Å². The fourth-order valence-electron chi connectivity index (χ4n) is 2.89. The molecule has 2 aromatic carbocycles. The number of amides is 1. The summed E-state index contributed by atoms with van der Waals surface area (Å²) in [5, 5.41) is 14.2. The summed E-state index contributed by atoms with van der Waals surface area (Å²) in [4.78, 5) is 45.9. The van der Waals surface area contributed by atoms with Gasteiger partial charge in [0, 0.05) is 47.3 Å². The van der Waals surface area contributed by atoms with Crippen molar-refractivity contribution in [3.8, 4) is 0 Å². The third-order valence-electron chi connectivity index (χ3n) is 4.23. The smallest absolute Gasteiger partial charge is 0.338 e. The van der Waals surface area contributed by atoms with Crippen LogP contribution in [0.3, 0.4) is 0 Å². The minimum absolute atomic E-state index is 0.0689. The van der Waals surface area contributed by atoms with E-state index in [1.807, 2.05) is 0 Å². The predicted octanol–water partition coefficient (Wildman–Crippen LogP) is 3.33. The van der Waals surface area contributed by atoms with Gasteiger partial charge in [0.2, 0.25) is 5.91 Å². The first kappa shape index (κ1) is 19.7. The van der Waals surface area contributed by atoms with Crippen molar-refractivity contribution in [3.63, 3.8) is 0 Å². The fourth-order valence-corrected chi connectivity index (χ4v) is 2.89. The van der Waals surface area contributed by atoms with Crippen molar-refractivity contribution < 1.29 is 23.7 Å². The number of esters is 1. The van der Waals surface area contributed by atoms with E-state index < -0.39 is 16.5 Å². The lowest BCUT2D eigenvalue weighted by Gasteiger charge is -2.10. The number of carbonyl (C=O) groups excluding carboxylic acids is 2. The molecule has 0 bridgehead atoms. The van der Waals surface area contributed by atoms with Crippen LogP contribution in [0.15, 0.2) is 51.7 Å². The second kappa shape index (κ2) is 7.93. The summed E-state index contributed by atoms with van der Waals surface area (Å²) in [6, 6.07) is 10.1. The van der Waals surface area contributed by atoms with Crippen LogP contribution in [0.4, 0.5) is 11.4 Å². The molecule has 0 unspecified atom stereocenters. The molecule has 29 heavy (non-hydrogen) atoms. The second-order valence-electron chi connectivity index (χ2n) is 6.27. The molecular formula is C20H16N2O7. The van der Waals surface area contributed by atoms with Crippen LogP contribution in [0.5, 0.6) is 0 Å². The molecule has 0 radical (unpaired) electrons. The van der Waals surface area contributed by atoms with Crippen LogP contribution in [-0.2, 0) is 16.1 Å². The first-order chi connectivity index (χ1) is 13.8. The molecule has 3 rings (SSSR count). The molecule has 1 aromatic heterocycles. The van der Waals surface area contributed by atoms with E-state index in [1.165, 1.54) is 44.2 Å². The number of fused-ring (bicyclic) bond motifs is 1. The molecule has 0 aliphatic rings. The van der Waals surface area contributed by atoms with Gasteiger partial charge in [0.25, 0.3) is 5.69 Å². The van der Waals surface area contributed by atoms with Crippen molar-refractivity contribution in [2.45, 2.75) is 20.5 Å². The number of ether oxygens (including phenoxy) is 1. The van der Waals surface area contributed by atoms with Crippen molar-refractivity contribution in [2.24, 2.45) is 0 Å². The third kappa shape index (κ3) is 4.29. The molecule has 0 aliphatic carbocycles. The Balaban J connectivity index is 1.88. The molecule has 0 saturated carbocycles. The normalized spacial score (nSPS) is 10.6. The van der Waals surface area contributed by atoms with Crippen molar-refractivity contribution in [3.05, 3.63) is 79.7 Å². The van der Waals surface area contributed by atoms with Crippen LogP contribution < -0.4 is 10.9 Å². The van der Waals surface area contributed by atoms with Crippen LogP contribution in [-0.4, -0.2) is 16.8 Å². The summed E-state index contributed by atoms with van der Waals surface area (Å²) in [5.74, 6) is -1.02. The van der Waals surface area contributed by atoms with Gasteiger partial charge < -0.3 is 14.5 Å². The largest absolute Gasteiger partial charge is 0.457 e. The predicted molar refractivity (Wildman–Crippen MR) is 104 cm³/mol. The zero-order chi connectivity index (χ0) is 21.1. The summed E-state index contributed by atoms with van der Waals surface area (Å²) in [5.41, 5.74) is 0.517. The molecule has 0 saturated heterocycles. The second-order valence-corrected chi connectivity index (χ2v) is 6.27. The number of nitrogens with zero attached hydrogens (tertiary/aromatic N) is 1. The van der Waals surface area contributed by atoms with Crippen molar-refractivity contribution >= 4 is 34.2 Å². The van der Waals surface area contributed by atoms with Crippen molar-refractivity contribution in [1.29, 1.82) is 0 Å². The summed E-state index contributed by atoms with van der Waals surface area (Å²) in [6.45, 7) is 2.58. The average molecular weight is 396 g/mol. The van der Waals surface area contributed by atoms with Crippen LogP contribution in [0, 0.1) is 17.0 Å². The third-order valence-corrected chi connectivity index (χ3v) is 4.23. The van der Waals surface area contributed by atoms with Gasteiger partial charge in [-0.25, -0.2) is 9.59 Å². The summed E-state index contributed by atoms with van der Waals surface area (Å²) >= 11 is 0. The highest BCUT2D eigenvalue weighted by molar-refractivity contribution is 5.93. The molecule has 1 heterocycles. The van der Waals surface area contributed by atoms with Gasteiger partial charge >= 0.3 is 11.6 Å². The maximum Gasteiger partial charge on any atom is 0.338 e. The van der Waals surface area contributed by atoms with Crippen LogP contribution in [0.25, 0.3) is 11.0 Å². The Morgan fingerprint density at radius 2 is 1.97 bits per heavy atom. The number of nitro benzene ring substituents is 1. The van der Waals surface area contributed by atoms with Gasteiger partial charge in [0.05, 0.1) is 10.5 Å². The number of nitro groups is 1. The summed E-state index contributed by atoms with van der Waals surface area (Å²) < 4.78 is 10.4. The zero-order valence-corrected chi connectivity index (χ0v) is 15.6. The number of hydrogen-bond acceptors (Lipinski definition) is 7. The van der Waals surface area contributed by atoms with Gasteiger partial charge in [-0.15, -0.1) is 0 Å². The van der Waals surface area contributed by atoms with E-state index in [4.69, 9.17) is 9.15 Å². The summed E-state index contributed by atoms with van der Waals surface area (Å²) in [6.07, 6.45) is 0. The van der Waals surface area contributed by atoms with Gasteiger partial charge in [0.15, 0.2) is 0 Å². The van der Waals surface area contributed by atoms with Gasteiger partial charge in [-0.1, -0.05) is 6.07 Å². The molecule has 3 aromatic rings.